The summed E-state index contributed by atoms with van der Waals surface area (Å²) in [5, 5.41) is 3.96. The van der Waals surface area contributed by atoms with Gasteiger partial charge in [-0.2, -0.15) is 0 Å². The zero-order valence-electron chi connectivity index (χ0n) is 11.9. The van der Waals surface area contributed by atoms with Crippen LogP contribution in [0.25, 0.3) is 10.8 Å². The number of ether oxygens (including phenoxy) is 1. The smallest absolute Gasteiger partial charge is 0.209 e. The normalized spacial score (nSPS) is 14.5. The van der Waals surface area contributed by atoms with Crippen molar-refractivity contribution in [3.8, 4) is 0 Å². The maximum atomic E-state index is 6.15. The summed E-state index contributed by atoms with van der Waals surface area (Å²) in [5.74, 6) is 0. The topological polar surface area (TPSA) is 18.5 Å². The lowest BCUT2D eigenvalue weighted by Crippen LogP contribution is -2.35. The van der Waals surface area contributed by atoms with Crippen molar-refractivity contribution >= 4 is 25.0 Å². The molecule has 0 spiro atoms. The first-order chi connectivity index (χ1) is 9.26. The number of hydrogen-bond donors (Lipinski definition) is 0. The van der Waals surface area contributed by atoms with E-state index >= 15 is 0 Å². The van der Waals surface area contributed by atoms with Gasteiger partial charge in [0.1, 0.15) is 6.29 Å². The van der Waals surface area contributed by atoms with Gasteiger partial charge in [0, 0.05) is 6.61 Å². The van der Waals surface area contributed by atoms with Crippen molar-refractivity contribution in [2.24, 2.45) is 0 Å². The average molecular weight is 274 g/mol. The van der Waals surface area contributed by atoms with Gasteiger partial charge in [-0.1, -0.05) is 49.4 Å². The molecule has 0 heterocycles. The predicted molar refractivity (Wildman–Crippen MR) is 83.4 cm³/mol. The van der Waals surface area contributed by atoms with Crippen LogP contribution < -0.4 is 5.19 Å². The fourth-order valence-corrected chi connectivity index (χ4v) is 4.30. The average Bonchev–Trinajstić information content (AvgIpc) is 2.46. The highest BCUT2D eigenvalue weighted by atomic mass is 28.3. The third kappa shape index (κ3) is 3.44. The van der Waals surface area contributed by atoms with Gasteiger partial charge in [-0.05, 0) is 35.9 Å². The zero-order valence-corrected chi connectivity index (χ0v) is 13.1. The SMILES string of the molecule is CCOC(CC)O[SiH](C)c1cccc2ccccc12. The minimum absolute atomic E-state index is 0.0642. The molecule has 0 fully saturated rings. The summed E-state index contributed by atoms with van der Waals surface area (Å²) < 4.78 is 11.8. The Bertz CT molecular complexity index is 522. The summed E-state index contributed by atoms with van der Waals surface area (Å²) >= 11 is 0. The Morgan fingerprint density at radius 1 is 1.05 bits per heavy atom. The van der Waals surface area contributed by atoms with Crippen LogP contribution in [0.4, 0.5) is 0 Å². The van der Waals surface area contributed by atoms with Gasteiger partial charge < -0.3 is 9.16 Å². The van der Waals surface area contributed by atoms with Gasteiger partial charge in [-0.25, -0.2) is 0 Å². The first kappa shape index (κ1) is 14.3. The summed E-state index contributed by atoms with van der Waals surface area (Å²) in [6.07, 6.45) is 0.835. The standard InChI is InChI=1S/C16H22O2Si/c1-4-16(17-5-2)18-19(3)15-12-8-10-13-9-6-7-11-14(13)15/h6-12,16,19H,4-5H2,1-3H3. The van der Waals surface area contributed by atoms with Crippen LogP contribution in [0.2, 0.25) is 6.55 Å². The van der Waals surface area contributed by atoms with Gasteiger partial charge in [-0.3, -0.25) is 0 Å². The van der Waals surface area contributed by atoms with Crippen molar-refractivity contribution in [2.45, 2.75) is 33.1 Å². The molecule has 3 heteroatoms. The van der Waals surface area contributed by atoms with Gasteiger partial charge in [0.05, 0.1) is 0 Å². The third-order valence-electron chi connectivity index (χ3n) is 3.30. The summed E-state index contributed by atoms with van der Waals surface area (Å²) in [5.41, 5.74) is 0. The van der Waals surface area contributed by atoms with E-state index < -0.39 is 9.04 Å². The van der Waals surface area contributed by atoms with E-state index in [2.05, 4.69) is 55.9 Å². The van der Waals surface area contributed by atoms with Gasteiger partial charge in [0.25, 0.3) is 0 Å². The van der Waals surface area contributed by atoms with Gasteiger partial charge >= 0.3 is 0 Å². The van der Waals surface area contributed by atoms with Gasteiger partial charge in [-0.15, -0.1) is 0 Å². The first-order valence-electron chi connectivity index (χ1n) is 7.01. The van der Waals surface area contributed by atoms with E-state index in [1.807, 2.05) is 6.92 Å². The number of hydrogen-bond acceptors (Lipinski definition) is 2. The highest BCUT2D eigenvalue weighted by Crippen LogP contribution is 2.13. The van der Waals surface area contributed by atoms with Crippen LogP contribution in [0.3, 0.4) is 0 Å². The molecule has 2 rings (SSSR count). The fraction of sp³-hybridized carbons (Fsp3) is 0.375. The molecule has 0 bridgehead atoms. The Kier molecular flexibility index (Phi) is 5.13. The minimum Gasteiger partial charge on any atom is -0.391 e. The number of benzene rings is 2. The zero-order chi connectivity index (χ0) is 13.7. The predicted octanol–water partition coefficient (Wildman–Crippen LogP) is 3.19. The molecule has 2 atom stereocenters. The maximum absolute atomic E-state index is 6.15. The quantitative estimate of drug-likeness (QED) is 0.595. The molecule has 0 radical (unpaired) electrons. The van der Waals surface area contributed by atoms with E-state index in [0.717, 1.165) is 6.42 Å². The summed E-state index contributed by atoms with van der Waals surface area (Å²) in [7, 11) is -1.44. The van der Waals surface area contributed by atoms with Crippen LogP contribution in [0.15, 0.2) is 42.5 Å². The van der Waals surface area contributed by atoms with Crippen molar-refractivity contribution in [1.29, 1.82) is 0 Å². The molecule has 0 aliphatic heterocycles. The van der Waals surface area contributed by atoms with Crippen LogP contribution >= 0.6 is 0 Å². The highest BCUT2D eigenvalue weighted by Gasteiger charge is 2.16. The van der Waals surface area contributed by atoms with E-state index in [4.69, 9.17) is 9.16 Å². The second-order valence-electron chi connectivity index (χ2n) is 4.64. The minimum atomic E-state index is -1.44. The van der Waals surface area contributed by atoms with Crippen molar-refractivity contribution in [1.82, 2.24) is 0 Å². The van der Waals surface area contributed by atoms with Crippen LogP contribution in [0, 0.1) is 0 Å². The van der Waals surface area contributed by atoms with E-state index in [-0.39, 0.29) is 6.29 Å². The Morgan fingerprint density at radius 2 is 1.79 bits per heavy atom. The molecule has 2 aromatic rings. The first-order valence-corrected chi connectivity index (χ1v) is 9.21. The lowest BCUT2D eigenvalue weighted by atomic mass is 10.1. The molecule has 0 N–H and O–H groups in total. The van der Waals surface area contributed by atoms with E-state index in [9.17, 15) is 0 Å². The van der Waals surface area contributed by atoms with Crippen LogP contribution in [0.1, 0.15) is 20.3 Å². The van der Waals surface area contributed by atoms with Crippen LogP contribution in [-0.4, -0.2) is 21.9 Å². The fourth-order valence-electron chi connectivity index (χ4n) is 2.35. The highest BCUT2D eigenvalue weighted by molar-refractivity contribution is 6.68. The maximum Gasteiger partial charge on any atom is 0.209 e. The molecule has 0 aliphatic rings. The largest absolute Gasteiger partial charge is 0.391 e. The van der Waals surface area contributed by atoms with Crippen molar-refractivity contribution in [2.75, 3.05) is 6.61 Å². The molecule has 102 valence electrons. The lowest BCUT2D eigenvalue weighted by Gasteiger charge is -2.21. The molecule has 0 amide bonds. The van der Waals surface area contributed by atoms with E-state index in [0.29, 0.717) is 6.61 Å². The molecule has 2 aromatic carbocycles. The monoisotopic (exact) mass is 274 g/mol. The summed E-state index contributed by atoms with van der Waals surface area (Å²) in [6, 6.07) is 15.0. The van der Waals surface area contributed by atoms with Crippen molar-refractivity contribution in [3.63, 3.8) is 0 Å². The molecule has 2 nitrogen and oxygen atoms in total. The molecule has 0 aromatic heterocycles. The summed E-state index contributed by atoms with van der Waals surface area (Å²) in [4.78, 5) is 0. The number of fused-ring (bicyclic) bond motifs is 1. The lowest BCUT2D eigenvalue weighted by molar-refractivity contribution is -0.0777. The Labute approximate surface area is 117 Å². The Balaban J connectivity index is 2.23. The molecular weight excluding hydrogens is 252 g/mol. The molecule has 0 saturated heterocycles. The molecule has 0 saturated carbocycles. The second kappa shape index (κ2) is 6.85. The Hall–Kier alpha value is -1.16. The third-order valence-corrected chi connectivity index (χ3v) is 5.39. The Morgan fingerprint density at radius 3 is 2.53 bits per heavy atom. The molecular formula is C16H22O2Si. The van der Waals surface area contributed by atoms with E-state index in [1.54, 1.807) is 0 Å². The molecule has 2 unspecified atom stereocenters. The van der Waals surface area contributed by atoms with Crippen molar-refractivity contribution in [3.05, 3.63) is 42.5 Å². The molecule has 19 heavy (non-hydrogen) atoms. The summed E-state index contributed by atoms with van der Waals surface area (Å²) in [6.45, 7) is 7.04. The van der Waals surface area contributed by atoms with Crippen LogP contribution in [-0.2, 0) is 9.16 Å². The van der Waals surface area contributed by atoms with Crippen LogP contribution in [0.5, 0.6) is 0 Å². The van der Waals surface area contributed by atoms with E-state index in [1.165, 1.54) is 16.0 Å². The second-order valence-corrected chi connectivity index (χ2v) is 6.82. The molecule has 0 aliphatic carbocycles. The van der Waals surface area contributed by atoms with Gasteiger partial charge in [0.15, 0.2) is 0 Å². The number of rotatable bonds is 6. The van der Waals surface area contributed by atoms with Crippen molar-refractivity contribution < 1.29 is 9.16 Å². The van der Waals surface area contributed by atoms with Gasteiger partial charge in [0.2, 0.25) is 9.04 Å².